The zero-order chi connectivity index (χ0) is 17.9. The van der Waals surface area contributed by atoms with Gasteiger partial charge in [-0.2, -0.15) is 0 Å². The Kier molecular flexibility index (Phi) is 8.66. The lowest BCUT2D eigenvalue weighted by molar-refractivity contribution is -0.120. The van der Waals surface area contributed by atoms with Gasteiger partial charge in [-0.15, -0.1) is 11.3 Å². The molecule has 0 aliphatic carbocycles. The van der Waals surface area contributed by atoms with E-state index in [0.29, 0.717) is 13.0 Å². The number of carbonyl (C=O) groups is 1. The van der Waals surface area contributed by atoms with E-state index < -0.39 is 0 Å². The second kappa shape index (κ2) is 11.0. The fourth-order valence-corrected chi connectivity index (χ4v) is 3.64. The number of carbonyl (C=O) groups excluding carboxylic acids is 1. The van der Waals surface area contributed by atoms with Crippen LogP contribution in [0.2, 0.25) is 0 Å². The normalized spacial score (nSPS) is 14.5. The first-order chi connectivity index (χ1) is 12.3. The molecule has 136 valence electrons. The van der Waals surface area contributed by atoms with Crippen LogP contribution in [0.1, 0.15) is 18.7 Å². The van der Waals surface area contributed by atoms with E-state index in [1.165, 1.54) is 10.4 Å². The number of nitrogens with one attached hydrogen (secondary N) is 1. The molecule has 0 atom stereocenters. The Morgan fingerprint density at radius 2 is 1.84 bits per heavy atom. The van der Waals surface area contributed by atoms with Gasteiger partial charge >= 0.3 is 0 Å². The number of rotatable bonds is 6. The number of hydrogen-bond acceptors (Lipinski definition) is 4. The topological polar surface area (TPSA) is 41.6 Å². The first-order valence-corrected chi connectivity index (χ1v) is 9.84. The third-order valence-corrected chi connectivity index (χ3v) is 5.04. The molecule has 1 amide bonds. The van der Waals surface area contributed by atoms with Crippen LogP contribution in [0.5, 0.6) is 0 Å². The van der Waals surface area contributed by atoms with Gasteiger partial charge in [-0.3, -0.25) is 9.69 Å². The van der Waals surface area contributed by atoms with Crippen LogP contribution in [0.25, 0.3) is 10.4 Å². The average Bonchev–Trinajstić information content (AvgIpc) is 3.13. The molecule has 1 N–H and O–H groups in total. The van der Waals surface area contributed by atoms with Gasteiger partial charge in [-0.25, -0.2) is 0 Å². The summed E-state index contributed by atoms with van der Waals surface area (Å²) < 4.78 is 5.32. The van der Waals surface area contributed by atoms with Gasteiger partial charge in [0.05, 0.1) is 19.6 Å². The van der Waals surface area contributed by atoms with Crippen molar-refractivity contribution in [2.24, 2.45) is 0 Å². The maximum absolute atomic E-state index is 12.1. The molecular formula is C20H28N2O2S. The van der Waals surface area contributed by atoms with Crippen molar-refractivity contribution in [1.82, 2.24) is 10.2 Å². The minimum absolute atomic E-state index is 0.0970. The zero-order valence-electron chi connectivity index (χ0n) is 15.2. The van der Waals surface area contributed by atoms with E-state index in [2.05, 4.69) is 34.5 Å². The minimum Gasteiger partial charge on any atom is -0.379 e. The first-order valence-electron chi connectivity index (χ1n) is 9.02. The van der Waals surface area contributed by atoms with Crippen LogP contribution in [0, 0.1) is 0 Å². The smallest absolute Gasteiger partial charge is 0.225 e. The second-order valence-corrected chi connectivity index (χ2v) is 6.78. The Bertz CT molecular complexity index is 622. The number of thiophene rings is 1. The molecule has 0 saturated carbocycles. The maximum atomic E-state index is 12.1. The van der Waals surface area contributed by atoms with Gasteiger partial charge in [0.25, 0.3) is 0 Å². The maximum Gasteiger partial charge on any atom is 0.225 e. The molecule has 1 aromatic heterocycles. The van der Waals surface area contributed by atoms with Crippen LogP contribution in [0.3, 0.4) is 0 Å². The summed E-state index contributed by atoms with van der Waals surface area (Å²) in [6.45, 7) is 9.11. The van der Waals surface area contributed by atoms with Gasteiger partial charge in [-0.1, -0.05) is 44.2 Å². The molecule has 1 aromatic carbocycles. The van der Waals surface area contributed by atoms with Crippen molar-refractivity contribution in [3.63, 3.8) is 0 Å². The van der Waals surface area contributed by atoms with E-state index in [1.807, 2.05) is 32.0 Å². The van der Waals surface area contributed by atoms with E-state index in [9.17, 15) is 4.79 Å². The molecule has 4 nitrogen and oxygen atoms in total. The molecule has 1 saturated heterocycles. The molecule has 1 aliphatic rings. The van der Waals surface area contributed by atoms with E-state index >= 15 is 0 Å². The van der Waals surface area contributed by atoms with Crippen LogP contribution in [-0.4, -0.2) is 50.2 Å². The van der Waals surface area contributed by atoms with E-state index in [4.69, 9.17) is 4.74 Å². The van der Waals surface area contributed by atoms with Crippen molar-refractivity contribution in [3.8, 4) is 10.4 Å². The Labute approximate surface area is 154 Å². The predicted molar refractivity (Wildman–Crippen MR) is 105 cm³/mol. The van der Waals surface area contributed by atoms with Crippen LogP contribution in [0.15, 0.2) is 42.5 Å². The molecule has 0 unspecified atom stereocenters. The van der Waals surface area contributed by atoms with Crippen molar-refractivity contribution < 1.29 is 9.53 Å². The highest BCUT2D eigenvalue weighted by atomic mass is 32.1. The van der Waals surface area contributed by atoms with Gasteiger partial charge in [0.15, 0.2) is 0 Å². The monoisotopic (exact) mass is 360 g/mol. The quantitative estimate of drug-likeness (QED) is 0.858. The molecule has 1 fully saturated rings. The van der Waals surface area contributed by atoms with Crippen molar-refractivity contribution in [2.45, 2.75) is 20.3 Å². The van der Waals surface area contributed by atoms with Crippen LogP contribution in [-0.2, 0) is 16.0 Å². The molecule has 2 heterocycles. The number of amides is 1. The summed E-state index contributed by atoms with van der Waals surface area (Å²) in [4.78, 5) is 16.7. The summed E-state index contributed by atoms with van der Waals surface area (Å²) in [5, 5.41) is 3.01. The summed E-state index contributed by atoms with van der Waals surface area (Å²) in [6.07, 6.45) is 0.459. The predicted octanol–water partition coefficient (Wildman–Crippen LogP) is 3.43. The Morgan fingerprint density at radius 3 is 2.56 bits per heavy atom. The summed E-state index contributed by atoms with van der Waals surface area (Å²) in [5.41, 5.74) is 1.21. The number of hydrogen-bond donors (Lipinski definition) is 1. The molecule has 2 aromatic rings. The highest BCUT2D eigenvalue weighted by molar-refractivity contribution is 7.15. The van der Waals surface area contributed by atoms with Crippen LogP contribution >= 0.6 is 11.3 Å². The summed E-state index contributed by atoms with van der Waals surface area (Å²) in [7, 11) is 0. The SMILES string of the molecule is CC.O=C(Cc1ccc(-c2ccccc2)s1)NCCN1CCOCC1. The van der Waals surface area contributed by atoms with Gasteiger partial charge in [0.1, 0.15) is 0 Å². The zero-order valence-corrected chi connectivity index (χ0v) is 16.0. The van der Waals surface area contributed by atoms with Crippen molar-refractivity contribution in [3.05, 3.63) is 47.3 Å². The molecule has 0 bridgehead atoms. The van der Waals surface area contributed by atoms with Gasteiger partial charge < -0.3 is 10.1 Å². The number of morpholine rings is 1. The molecule has 5 heteroatoms. The largest absolute Gasteiger partial charge is 0.379 e. The van der Waals surface area contributed by atoms with Crippen LogP contribution < -0.4 is 5.32 Å². The van der Waals surface area contributed by atoms with Crippen LogP contribution in [0.4, 0.5) is 0 Å². The third-order valence-electron chi connectivity index (χ3n) is 3.91. The summed E-state index contributed by atoms with van der Waals surface area (Å²) in [5.74, 6) is 0.0970. The fraction of sp³-hybridized carbons (Fsp3) is 0.450. The summed E-state index contributed by atoms with van der Waals surface area (Å²) >= 11 is 1.69. The molecule has 1 aliphatic heterocycles. The van der Waals surface area contributed by atoms with E-state index in [0.717, 1.165) is 37.7 Å². The number of benzene rings is 1. The van der Waals surface area contributed by atoms with Crippen molar-refractivity contribution in [2.75, 3.05) is 39.4 Å². The lowest BCUT2D eigenvalue weighted by Gasteiger charge is -2.26. The molecular weight excluding hydrogens is 332 g/mol. The van der Waals surface area contributed by atoms with E-state index in [1.54, 1.807) is 11.3 Å². The number of nitrogens with zero attached hydrogens (tertiary/aromatic N) is 1. The van der Waals surface area contributed by atoms with E-state index in [-0.39, 0.29) is 5.91 Å². The van der Waals surface area contributed by atoms with Gasteiger partial charge in [-0.05, 0) is 17.7 Å². The van der Waals surface area contributed by atoms with Gasteiger partial charge in [0, 0.05) is 35.9 Å². The second-order valence-electron chi connectivity index (χ2n) is 5.61. The average molecular weight is 361 g/mol. The Balaban J connectivity index is 0.00000109. The molecule has 3 rings (SSSR count). The number of ether oxygens (including phenoxy) is 1. The van der Waals surface area contributed by atoms with Crippen molar-refractivity contribution in [1.29, 1.82) is 0 Å². The molecule has 0 spiro atoms. The first kappa shape index (κ1) is 19.6. The highest BCUT2D eigenvalue weighted by Gasteiger charge is 2.11. The lowest BCUT2D eigenvalue weighted by atomic mass is 10.2. The van der Waals surface area contributed by atoms with Crippen molar-refractivity contribution >= 4 is 17.2 Å². The Hall–Kier alpha value is -1.69. The van der Waals surface area contributed by atoms with Gasteiger partial charge in [0.2, 0.25) is 5.91 Å². The highest BCUT2D eigenvalue weighted by Crippen LogP contribution is 2.27. The molecule has 25 heavy (non-hydrogen) atoms. The Morgan fingerprint density at radius 1 is 1.12 bits per heavy atom. The minimum atomic E-state index is 0.0970. The fourth-order valence-electron chi connectivity index (χ4n) is 2.63. The summed E-state index contributed by atoms with van der Waals surface area (Å²) in [6, 6.07) is 14.4. The third kappa shape index (κ3) is 6.61. The lowest BCUT2D eigenvalue weighted by Crippen LogP contribution is -2.41. The standard InChI is InChI=1S/C18H22N2O2S.C2H6/c21-18(19-8-9-20-10-12-22-13-11-20)14-16-6-7-17(23-16)15-4-2-1-3-5-15;1-2/h1-7H,8-14H2,(H,19,21);1-2H3. The molecule has 0 radical (unpaired) electrons.